The van der Waals surface area contributed by atoms with Crippen molar-refractivity contribution in [1.29, 1.82) is 0 Å². The molecule has 0 aliphatic heterocycles. The fourth-order valence-corrected chi connectivity index (χ4v) is 7.95. The SMILES string of the molecule is COc1ccc(/C=C/C(=O)Nc2ccc(C34CC5CC(CC(c6ccccc6)(C5)C3)C4)cc2)cc1OC. The van der Waals surface area contributed by atoms with Crippen LogP contribution in [0.5, 0.6) is 11.5 Å². The molecule has 0 spiro atoms. The van der Waals surface area contributed by atoms with Crippen LogP contribution in [-0.4, -0.2) is 20.1 Å². The van der Waals surface area contributed by atoms with Gasteiger partial charge in [0.1, 0.15) is 0 Å². The Kier molecular flexibility index (Phi) is 6.06. The topological polar surface area (TPSA) is 47.6 Å². The number of carbonyl (C=O) groups is 1. The predicted octanol–water partition coefficient (Wildman–Crippen LogP) is 7.15. The van der Waals surface area contributed by atoms with Crippen molar-refractivity contribution >= 4 is 17.7 Å². The Hall–Kier alpha value is -3.53. The number of benzene rings is 3. The molecule has 0 radical (unpaired) electrons. The molecule has 0 aromatic heterocycles. The normalized spacial score (nSPS) is 27.8. The van der Waals surface area contributed by atoms with Gasteiger partial charge in [-0.2, -0.15) is 0 Å². The summed E-state index contributed by atoms with van der Waals surface area (Å²) in [6.45, 7) is 0. The van der Waals surface area contributed by atoms with Gasteiger partial charge < -0.3 is 14.8 Å². The highest BCUT2D eigenvalue weighted by Gasteiger charge is 2.58. The minimum atomic E-state index is -0.152. The molecule has 4 saturated carbocycles. The average molecular weight is 494 g/mol. The third-order valence-corrected chi connectivity index (χ3v) is 9.05. The molecule has 2 unspecified atom stereocenters. The molecular weight excluding hydrogens is 458 g/mol. The Morgan fingerprint density at radius 1 is 0.811 bits per heavy atom. The molecule has 4 aliphatic carbocycles. The van der Waals surface area contributed by atoms with Crippen LogP contribution in [0.3, 0.4) is 0 Å². The standard InChI is InChI=1S/C33H35NO3/c1-36-29-14-8-23(17-30(29)37-2)9-15-31(35)34-28-12-10-27(11-13-28)33-20-24-16-25(21-33)19-32(18-24,22-33)26-6-4-3-5-7-26/h3-15,17,24-25H,16,18-22H2,1-2H3,(H,34,35)/b15-9+. The number of amides is 1. The Morgan fingerprint density at radius 2 is 1.43 bits per heavy atom. The van der Waals surface area contributed by atoms with Crippen LogP contribution in [0.15, 0.2) is 78.9 Å². The number of anilines is 1. The Balaban J connectivity index is 1.17. The maximum absolute atomic E-state index is 12.6. The summed E-state index contributed by atoms with van der Waals surface area (Å²) in [6.07, 6.45) is 11.3. The van der Waals surface area contributed by atoms with Crippen LogP contribution in [0, 0.1) is 11.8 Å². The molecule has 0 saturated heterocycles. The molecule has 4 heteroatoms. The van der Waals surface area contributed by atoms with Gasteiger partial charge in [0.05, 0.1) is 14.2 Å². The lowest BCUT2D eigenvalue weighted by Gasteiger charge is -2.62. The average Bonchev–Trinajstić information content (AvgIpc) is 2.92. The smallest absolute Gasteiger partial charge is 0.248 e. The van der Waals surface area contributed by atoms with Crippen molar-refractivity contribution in [2.75, 3.05) is 19.5 Å². The van der Waals surface area contributed by atoms with E-state index in [0.29, 0.717) is 16.9 Å². The summed E-state index contributed by atoms with van der Waals surface area (Å²) in [6, 6.07) is 25.5. The second kappa shape index (κ2) is 9.41. The summed E-state index contributed by atoms with van der Waals surface area (Å²) in [7, 11) is 3.21. The van der Waals surface area contributed by atoms with Gasteiger partial charge in [-0.05, 0) is 108 Å². The van der Waals surface area contributed by atoms with E-state index in [9.17, 15) is 4.79 Å². The van der Waals surface area contributed by atoms with Crippen LogP contribution in [0.1, 0.15) is 55.2 Å². The van der Waals surface area contributed by atoms with Crippen molar-refractivity contribution < 1.29 is 14.3 Å². The van der Waals surface area contributed by atoms with Gasteiger partial charge >= 0.3 is 0 Å². The zero-order valence-electron chi connectivity index (χ0n) is 21.7. The first-order valence-corrected chi connectivity index (χ1v) is 13.4. The summed E-state index contributed by atoms with van der Waals surface area (Å²) in [5, 5.41) is 3.02. The van der Waals surface area contributed by atoms with Crippen molar-refractivity contribution in [3.63, 3.8) is 0 Å². The van der Waals surface area contributed by atoms with Crippen LogP contribution >= 0.6 is 0 Å². The fraction of sp³-hybridized carbons (Fsp3) is 0.364. The molecule has 3 aromatic rings. The van der Waals surface area contributed by atoms with Gasteiger partial charge in [0.25, 0.3) is 0 Å². The maximum Gasteiger partial charge on any atom is 0.248 e. The zero-order valence-corrected chi connectivity index (χ0v) is 21.7. The van der Waals surface area contributed by atoms with Crippen molar-refractivity contribution in [2.45, 2.75) is 49.4 Å². The van der Waals surface area contributed by atoms with Crippen LogP contribution in [0.4, 0.5) is 5.69 Å². The van der Waals surface area contributed by atoms with E-state index < -0.39 is 0 Å². The number of methoxy groups -OCH3 is 2. The lowest BCUT2D eigenvalue weighted by atomic mass is 9.42. The molecule has 37 heavy (non-hydrogen) atoms. The summed E-state index contributed by atoms with van der Waals surface area (Å²) >= 11 is 0. The summed E-state index contributed by atoms with van der Waals surface area (Å²) < 4.78 is 10.6. The zero-order chi connectivity index (χ0) is 25.5. The number of hydrogen-bond donors (Lipinski definition) is 1. The third-order valence-electron chi connectivity index (χ3n) is 9.05. The Bertz CT molecular complexity index is 1300. The first-order valence-electron chi connectivity index (χ1n) is 13.4. The lowest BCUT2D eigenvalue weighted by Crippen LogP contribution is -2.55. The van der Waals surface area contributed by atoms with Gasteiger partial charge in [0, 0.05) is 11.8 Å². The second-order valence-electron chi connectivity index (χ2n) is 11.4. The molecule has 190 valence electrons. The van der Waals surface area contributed by atoms with E-state index in [4.69, 9.17) is 9.47 Å². The van der Waals surface area contributed by atoms with Gasteiger partial charge in [-0.1, -0.05) is 48.5 Å². The first kappa shape index (κ1) is 23.8. The van der Waals surface area contributed by atoms with Gasteiger partial charge in [0.2, 0.25) is 5.91 Å². The van der Waals surface area contributed by atoms with Crippen LogP contribution < -0.4 is 14.8 Å². The highest BCUT2D eigenvalue weighted by Crippen LogP contribution is 2.66. The molecule has 0 heterocycles. The van der Waals surface area contributed by atoms with Gasteiger partial charge in [-0.3, -0.25) is 4.79 Å². The van der Waals surface area contributed by atoms with Crippen LogP contribution in [-0.2, 0) is 15.6 Å². The Morgan fingerprint density at radius 3 is 2.05 bits per heavy atom. The van der Waals surface area contributed by atoms with Gasteiger partial charge in [-0.15, -0.1) is 0 Å². The third kappa shape index (κ3) is 4.43. The van der Waals surface area contributed by atoms with E-state index in [2.05, 4.69) is 59.9 Å². The molecule has 4 aliphatic rings. The summed E-state index contributed by atoms with van der Waals surface area (Å²) in [5.41, 5.74) is 5.27. The monoisotopic (exact) mass is 493 g/mol. The summed E-state index contributed by atoms with van der Waals surface area (Å²) in [5.74, 6) is 2.79. The van der Waals surface area contributed by atoms with Crippen molar-refractivity contribution in [1.82, 2.24) is 0 Å². The summed E-state index contributed by atoms with van der Waals surface area (Å²) in [4.78, 5) is 12.6. The first-order chi connectivity index (χ1) is 18.0. The minimum Gasteiger partial charge on any atom is -0.493 e. The number of carbonyl (C=O) groups excluding carboxylic acids is 1. The van der Waals surface area contributed by atoms with Crippen molar-refractivity contribution in [3.8, 4) is 11.5 Å². The number of rotatable bonds is 7. The van der Waals surface area contributed by atoms with Crippen LogP contribution in [0.2, 0.25) is 0 Å². The lowest BCUT2D eigenvalue weighted by molar-refractivity contribution is -0.111. The van der Waals surface area contributed by atoms with Crippen LogP contribution in [0.25, 0.3) is 6.08 Å². The molecule has 4 nitrogen and oxygen atoms in total. The number of ether oxygens (including phenoxy) is 2. The maximum atomic E-state index is 12.6. The largest absolute Gasteiger partial charge is 0.493 e. The molecule has 3 aromatic carbocycles. The molecule has 1 N–H and O–H groups in total. The fourth-order valence-electron chi connectivity index (χ4n) is 7.95. The van der Waals surface area contributed by atoms with E-state index in [1.807, 2.05) is 18.2 Å². The minimum absolute atomic E-state index is 0.152. The van der Waals surface area contributed by atoms with E-state index in [1.165, 1.54) is 44.1 Å². The molecule has 2 atom stereocenters. The van der Waals surface area contributed by atoms with E-state index in [-0.39, 0.29) is 11.3 Å². The van der Waals surface area contributed by atoms with E-state index in [0.717, 1.165) is 23.1 Å². The molecule has 4 bridgehead atoms. The van der Waals surface area contributed by atoms with Crippen molar-refractivity contribution in [3.05, 3.63) is 95.6 Å². The van der Waals surface area contributed by atoms with Gasteiger partial charge in [-0.25, -0.2) is 0 Å². The number of hydrogen-bond acceptors (Lipinski definition) is 3. The predicted molar refractivity (Wildman–Crippen MR) is 148 cm³/mol. The van der Waals surface area contributed by atoms with E-state index in [1.54, 1.807) is 31.9 Å². The van der Waals surface area contributed by atoms with Gasteiger partial charge in [0.15, 0.2) is 11.5 Å². The number of nitrogens with one attached hydrogen (secondary N) is 1. The van der Waals surface area contributed by atoms with Crippen molar-refractivity contribution in [2.24, 2.45) is 11.8 Å². The molecule has 4 fully saturated rings. The quantitative estimate of drug-likeness (QED) is 0.356. The highest BCUT2D eigenvalue weighted by atomic mass is 16.5. The molecule has 1 amide bonds. The Labute approximate surface area is 219 Å². The van der Waals surface area contributed by atoms with E-state index >= 15 is 0 Å². The molecular formula is C33H35NO3. The molecule has 7 rings (SSSR count). The highest BCUT2D eigenvalue weighted by molar-refractivity contribution is 6.02. The second-order valence-corrected chi connectivity index (χ2v) is 11.4.